The highest BCUT2D eigenvalue weighted by atomic mass is 16.5. The molecule has 6 aromatic rings. The summed E-state index contributed by atoms with van der Waals surface area (Å²) in [5.74, 6) is 1.17. The largest absolute Gasteiger partial charge is 0.462 e. The lowest BCUT2D eigenvalue weighted by Crippen LogP contribution is -2.12. The molecule has 0 N–H and O–H groups in total. The van der Waals surface area contributed by atoms with Crippen LogP contribution in [0.4, 0.5) is 0 Å². The van der Waals surface area contributed by atoms with E-state index in [2.05, 4.69) is 61.5 Å². The number of unbranched alkanes of at least 4 members (excludes halogenated alkanes) is 6. The van der Waals surface area contributed by atoms with Crippen molar-refractivity contribution in [1.29, 1.82) is 0 Å². The van der Waals surface area contributed by atoms with Gasteiger partial charge in [-0.05, 0) is 106 Å². The molecule has 352 valence electrons. The minimum atomic E-state index is -0.353. The Morgan fingerprint density at radius 2 is 0.851 bits per heavy atom. The maximum absolute atomic E-state index is 13.3. The topological polar surface area (TPSA) is 113 Å². The summed E-state index contributed by atoms with van der Waals surface area (Å²) in [5, 5.41) is 0. The number of benzene rings is 4. The van der Waals surface area contributed by atoms with Crippen LogP contribution in [-0.4, -0.2) is 45.1 Å². The van der Waals surface area contributed by atoms with Gasteiger partial charge in [0, 0.05) is 35.9 Å². The molecule has 0 radical (unpaired) electrons. The van der Waals surface area contributed by atoms with E-state index >= 15 is 0 Å². The molecule has 6 rings (SSSR count). The number of aryl methyl sites for hydroxylation is 2. The van der Waals surface area contributed by atoms with Crippen LogP contribution in [0.15, 0.2) is 110 Å². The Labute approximate surface area is 399 Å². The molecule has 0 bridgehead atoms. The van der Waals surface area contributed by atoms with Gasteiger partial charge in [-0.1, -0.05) is 154 Å². The lowest BCUT2D eigenvalue weighted by molar-refractivity contribution is 0.0438. The fourth-order valence-electron chi connectivity index (χ4n) is 7.68. The summed E-state index contributed by atoms with van der Waals surface area (Å²) < 4.78 is 18.0. The Morgan fingerprint density at radius 1 is 0.478 bits per heavy atom. The van der Waals surface area contributed by atoms with Gasteiger partial charge in [-0.25, -0.2) is 29.5 Å². The minimum absolute atomic E-state index is 0.268. The highest BCUT2D eigenvalue weighted by molar-refractivity contribution is 5.92. The van der Waals surface area contributed by atoms with Gasteiger partial charge in [0.05, 0.1) is 37.6 Å². The first-order valence-electron chi connectivity index (χ1n) is 24.7. The van der Waals surface area contributed by atoms with Crippen molar-refractivity contribution in [2.75, 3.05) is 13.2 Å². The summed E-state index contributed by atoms with van der Waals surface area (Å²) in [6.45, 7) is 14.0. The molecule has 0 aliphatic rings. The van der Waals surface area contributed by atoms with Crippen LogP contribution in [0.3, 0.4) is 0 Å². The second kappa shape index (κ2) is 26.3. The van der Waals surface area contributed by atoms with Crippen LogP contribution in [0, 0.1) is 11.8 Å². The predicted octanol–water partition coefficient (Wildman–Crippen LogP) is 14.3. The third-order valence-electron chi connectivity index (χ3n) is 12.6. The molecule has 0 spiro atoms. The Hall–Kier alpha value is -6.06. The number of esters is 2. The molecular weight excluding hydrogens is 833 g/mol. The molecule has 4 aromatic carbocycles. The summed E-state index contributed by atoms with van der Waals surface area (Å²) in [4.78, 5) is 45.4. The van der Waals surface area contributed by atoms with Crippen molar-refractivity contribution in [1.82, 2.24) is 19.9 Å². The Kier molecular flexibility index (Phi) is 19.8. The van der Waals surface area contributed by atoms with E-state index in [9.17, 15) is 9.59 Å². The number of aromatic nitrogens is 4. The van der Waals surface area contributed by atoms with E-state index in [1.54, 1.807) is 0 Å². The molecule has 9 heteroatoms. The average molecular weight is 903 g/mol. The van der Waals surface area contributed by atoms with Crippen LogP contribution in [-0.2, 0) is 40.3 Å². The second-order valence-electron chi connectivity index (χ2n) is 18.1. The lowest BCUT2D eigenvalue weighted by Gasteiger charge is -2.16. The van der Waals surface area contributed by atoms with Gasteiger partial charge in [-0.2, -0.15) is 0 Å². The number of rotatable bonds is 26. The Morgan fingerprint density at radius 3 is 1.21 bits per heavy atom. The van der Waals surface area contributed by atoms with Crippen molar-refractivity contribution in [3.8, 4) is 45.0 Å². The summed E-state index contributed by atoms with van der Waals surface area (Å²) in [7, 11) is 0. The van der Waals surface area contributed by atoms with Crippen LogP contribution in [0.2, 0.25) is 0 Å². The van der Waals surface area contributed by atoms with Crippen LogP contribution < -0.4 is 0 Å². The van der Waals surface area contributed by atoms with Gasteiger partial charge in [-0.15, -0.1) is 0 Å². The summed E-state index contributed by atoms with van der Waals surface area (Å²) >= 11 is 0. The zero-order valence-corrected chi connectivity index (χ0v) is 40.7. The SMILES string of the molecule is CCCCCCc1cnc(-c2ccc(-c3cc(C(=O)OCC(C)CC)ccc3COCc3ccc(C(=O)OCC(C)CC)cc3-c3ccc(-c4ncc(CCCCCC)cn4)cc3)cc2)nc1. The second-order valence-corrected chi connectivity index (χ2v) is 18.1. The fraction of sp³-hybridized carbons (Fsp3) is 0.414. The molecule has 2 aromatic heterocycles. The molecule has 9 nitrogen and oxygen atoms in total. The summed E-state index contributed by atoms with van der Waals surface area (Å²) in [6.07, 6.45) is 21.2. The normalized spacial score (nSPS) is 12.1. The van der Waals surface area contributed by atoms with E-state index in [4.69, 9.17) is 14.2 Å². The number of carbonyl (C=O) groups excluding carboxylic acids is 2. The monoisotopic (exact) mass is 903 g/mol. The molecule has 0 aliphatic carbocycles. The van der Waals surface area contributed by atoms with E-state index in [0.29, 0.717) is 36.0 Å². The van der Waals surface area contributed by atoms with Gasteiger partial charge in [-0.3, -0.25) is 0 Å². The fourth-order valence-corrected chi connectivity index (χ4v) is 7.68. The van der Waals surface area contributed by atoms with Gasteiger partial charge in [0.15, 0.2) is 11.6 Å². The zero-order chi connectivity index (χ0) is 47.4. The average Bonchev–Trinajstić information content (AvgIpc) is 3.37. The van der Waals surface area contributed by atoms with Crippen molar-refractivity contribution in [3.05, 3.63) is 143 Å². The van der Waals surface area contributed by atoms with E-state index in [1.165, 1.54) is 38.5 Å². The number of nitrogens with zero attached hydrogens (tertiary/aromatic N) is 4. The first-order chi connectivity index (χ1) is 32.7. The van der Waals surface area contributed by atoms with Gasteiger partial charge >= 0.3 is 11.9 Å². The van der Waals surface area contributed by atoms with Crippen LogP contribution in [0.5, 0.6) is 0 Å². The summed E-state index contributed by atoms with van der Waals surface area (Å²) in [5.41, 5.74) is 10.5. The lowest BCUT2D eigenvalue weighted by atomic mass is 9.96. The maximum atomic E-state index is 13.3. The smallest absolute Gasteiger partial charge is 0.338 e. The summed E-state index contributed by atoms with van der Waals surface area (Å²) in [6, 6.07) is 27.6. The van der Waals surface area contributed by atoms with Crippen LogP contribution in [0.1, 0.15) is 149 Å². The van der Waals surface area contributed by atoms with Crippen molar-refractivity contribution in [2.24, 2.45) is 11.8 Å². The first-order valence-corrected chi connectivity index (χ1v) is 24.7. The third kappa shape index (κ3) is 15.0. The van der Waals surface area contributed by atoms with Crippen molar-refractivity contribution in [2.45, 2.75) is 132 Å². The van der Waals surface area contributed by atoms with Gasteiger partial charge in [0.25, 0.3) is 0 Å². The molecule has 0 amide bonds. The van der Waals surface area contributed by atoms with Gasteiger partial charge in [0.1, 0.15) is 0 Å². The first kappa shape index (κ1) is 50.4. The van der Waals surface area contributed by atoms with Crippen molar-refractivity contribution < 1.29 is 23.8 Å². The molecule has 67 heavy (non-hydrogen) atoms. The number of hydrogen-bond donors (Lipinski definition) is 0. The highest BCUT2D eigenvalue weighted by Gasteiger charge is 2.18. The number of carbonyl (C=O) groups is 2. The molecule has 0 aliphatic heterocycles. The number of ether oxygens (including phenoxy) is 3. The predicted molar refractivity (Wildman–Crippen MR) is 269 cm³/mol. The van der Waals surface area contributed by atoms with Crippen LogP contribution in [0.25, 0.3) is 45.0 Å². The van der Waals surface area contributed by atoms with E-state index in [0.717, 1.165) is 94.2 Å². The molecule has 2 atom stereocenters. The van der Waals surface area contributed by atoms with E-state index < -0.39 is 0 Å². The van der Waals surface area contributed by atoms with Gasteiger partial charge < -0.3 is 14.2 Å². The molecular formula is C58H70N4O5. The van der Waals surface area contributed by atoms with E-state index in [1.807, 2.05) is 110 Å². The van der Waals surface area contributed by atoms with Crippen LogP contribution >= 0.6 is 0 Å². The standard InChI is InChI=1S/C58H70N4O5/c1-7-11-13-15-17-43-33-59-55(60-34-43)47-23-19-45(20-24-47)53-31-49(57(63)66-37-41(5)9-3)27-29-51(53)39-65-40-52-30-28-50(58(64)67-38-42(6)10-4)32-54(52)46-21-25-48(26-22-46)56-61-35-44(36-62-56)18-16-14-12-8-2/h19-36,41-42H,7-18,37-40H2,1-6H3. The highest BCUT2D eigenvalue weighted by Crippen LogP contribution is 2.32. The molecule has 2 unspecified atom stereocenters. The number of hydrogen-bond acceptors (Lipinski definition) is 9. The van der Waals surface area contributed by atoms with Crippen molar-refractivity contribution in [3.63, 3.8) is 0 Å². The zero-order valence-electron chi connectivity index (χ0n) is 40.7. The Balaban J connectivity index is 1.23. The molecule has 0 fully saturated rings. The molecule has 0 saturated carbocycles. The Bertz CT molecular complexity index is 2280. The molecule has 0 saturated heterocycles. The van der Waals surface area contributed by atoms with Crippen molar-refractivity contribution >= 4 is 11.9 Å². The van der Waals surface area contributed by atoms with E-state index in [-0.39, 0.29) is 37.0 Å². The molecule has 2 heterocycles. The maximum Gasteiger partial charge on any atom is 0.338 e. The quantitative estimate of drug-likeness (QED) is 0.0388. The minimum Gasteiger partial charge on any atom is -0.462 e. The van der Waals surface area contributed by atoms with Gasteiger partial charge in [0.2, 0.25) is 0 Å². The third-order valence-corrected chi connectivity index (χ3v) is 12.6.